The predicted octanol–water partition coefficient (Wildman–Crippen LogP) is 2.20. The van der Waals surface area contributed by atoms with Crippen LogP contribution in [-0.4, -0.2) is 62.0 Å². The normalized spacial score (nSPS) is 14.3. The lowest BCUT2D eigenvalue weighted by Gasteiger charge is -2.34. The van der Waals surface area contributed by atoms with Crippen molar-refractivity contribution in [3.8, 4) is 11.5 Å². The molecule has 1 aliphatic rings. The quantitative estimate of drug-likeness (QED) is 0.838. The van der Waals surface area contributed by atoms with Gasteiger partial charge in [-0.1, -0.05) is 0 Å². The van der Waals surface area contributed by atoms with Gasteiger partial charge in [0.05, 0.1) is 14.2 Å². The Balaban J connectivity index is 1.64. The van der Waals surface area contributed by atoms with Crippen molar-refractivity contribution in [3.63, 3.8) is 0 Å². The molecule has 0 radical (unpaired) electrons. The Kier molecular flexibility index (Phi) is 5.16. The highest BCUT2D eigenvalue weighted by molar-refractivity contribution is 5.95. The average molecular weight is 358 g/mol. The highest BCUT2D eigenvalue weighted by atomic mass is 16.5. The molecular weight excluding hydrogens is 336 g/mol. The van der Waals surface area contributed by atoms with Crippen LogP contribution < -0.4 is 9.47 Å². The molecule has 1 aliphatic heterocycles. The minimum atomic E-state index is -0.142. The van der Waals surface area contributed by atoms with Gasteiger partial charge in [0.15, 0.2) is 17.3 Å². The van der Waals surface area contributed by atoms with Gasteiger partial charge < -0.3 is 23.7 Å². The Hall–Kier alpha value is -2.96. The minimum absolute atomic E-state index is 0.0908. The number of carbonyl (C=O) groups excluding carboxylic acids is 2. The summed E-state index contributed by atoms with van der Waals surface area (Å²) < 4.78 is 15.8. The Morgan fingerprint density at radius 1 is 0.885 bits per heavy atom. The molecule has 138 valence electrons. The lowest BCUT2D eigenvalue weighted by atomic mass is 10.1. The van der Waals surface area contributed by atoms with E-state index in [1.807, 2.05) is 0 Å². The van der Waals surface area contributed by atoms with E-state index < -0.39 is 0 Å². The number of nitrogens with zero attached hydrogens (tertiary/aromatic N) is 2. The van der Waals surface area contributed by atoms with Gasteiger partial charge in [0.1, 0.15) is 5.76 Å². The molecule has 0 N–H and O–H groups in total. The molecule has 2 amide bonds. The third kappa shape index (κ3) is 3.51. The van der Waals surface area contributed by atoms with Crippen LogP contribution in [0.15, 0.2) is 34.7 Å². The SMILES string of the molecule is COc1ccc(C(=O)N2CCN(C(=O)c3ccc(C)o3)CC2)cc1OC. The van der Waals surface area contributed by atoms with E-state index in [4.69, 9.17) is 13.9 Å². The van der Waals surface area contributed by atoms with E-state index in [1.165, 1.54) is 7.11 Å². The molecule has 0 saturated carbocycles. The molecule has 1 saturated heterocycles. The summed E-state index contributed by atoms with van der Waals surface area (Å²) in [4.78, 5) is 28.6. The van der Waals surface area contributed by atoms with Crippen LogP contribution in [0.1, 0.15) is 26.7 Å². The van der Waals surface area contributed by atoms with Crippen LogP contribution in [0.3, 0.4) is 0 Å². The van der Waals surface area contributed by atoms with Crippen LogP contribution in [0.2, 0.25) is 0 Å². The molecule has 1 fully saturated rings. The first-order chi connectivity index (χ1) is 12.5. The third-order valence-corrected chi connectivity index (χ3v) is 4.44. The second-order valence-corrected chi connectivity index (χ2v) is 6.06. The maximum absolute atomic E-state index is 12.7. The molecule has 0 spiro atoms. The number of rotatable bonds is 4. The van der Waals surface area contributed by atoms with Gasteiger partial charge in [0.2, 0.25) is 0 Å². The van der Waals surface area contributed by atoms with Crippen molar-refractivity contribution in [2.24, 2.45) is 0 Å². The molecule has 7 nitrogen and oxygen atoms in total. The van der Waals surface area contributed by atoms with Crippen LogP contribution in [0.4, 0.5) is 0 Å². The number of hydrogen-bond donors (Lipinski definition) is 0. The fourth-order valence-electron chi connectivity index (χ4n) is 2.97. The number of hydrogen-bond acceptors (Lipinski definition) is 5. The molecule has 0 bridgehead atoms. The van der Waals surface area contributed by atoms with Crippen molar-refractivity contribution < 1.29 is 23.5 Å². The van der Waals surface area contributed by atoms with Gasteiger partial charge in [-0.3, -0.25) is 9.59 Å². The lowest BCUT2D eigenvalue weighted by molar-refractivity contribution is 0.0517. The third-order valence-electron chi connectivity index (χ3n) is 4.44. The molecule has 1 aromatic carbocycles. The fourth-order valence-corrected chi connectivity index (χ4v) is 2.97. The Morgan fingerprint density at radius 2 is 1.50 bits per heavy atom. The van der Waals surface area contributed by atoms with Crippen molar-refractivity contribution in [1.29, 1.82) is 0 Å². The van der Waals surface area contributed by atoms with Crippen molar-refractivity contribution in [3.05, 3.63) is 47.4 Å². The highest BCUT2D eigenvalue weighted by Gasteiger charge is 2.27. The number of furan rings is 1. The van der Waals surface area contributed by atoms with Gasteiger partial charge in [0.25, 0.3) is 11.8 Å². The van der Waals surface area contributed by atoms with E-state index >= 15 is 0 Å². The van der Waals surface area contributed by atoms with Gasteiger partial charge in [0, 0.05) is 31.7 Å². The number of piperazine rings is 1. The molecule has 2 heterocycles. The first-order valence-electron chi connectivity index (χ1n) is 8.40. The first-order valence-corrected chi connectivity index (χ1v) is 8.40. The number of amides is 2. The molecule has 26 heavy (non-hydrogen) atoms. The predicted molar refractivity (Wildman–Crippen MR) is 94.8 cm³/mol. The maximum Gasteiger partial charge on any atom is 0.289 e. The maximum atomic E-state index is 12.7. The smallest absolute Gasteiger partial charge is 0.289 e. The number of methoxy groups -OCH3 is 2. The van der Waals surface area contributed by atoms with Crippen molar-refractivity contribution in [2.75, 3.05) is 40.4 Å². The van der Waals surface area contributed by atoms with E-state index in [1.54, 1.807) is 54.2 Å². The van der Waals surface area contributed by atoms with Crippen LogP contribution in [0.5, 0.6) is 11.5 Å². The van der Waals surface area contributed by atoms with E-state index in [0.29, 0.717) is 54.8 Å². The molecule has 2 aromatic rings. The van der Waals surface area contributed by atoms with Gasteiger partial charge in [-0.2, -0.15) is 0 Å². The summed E-state index contributed by atoms with van der Waals surface area (Å²) in [7, 11) is 3.09. The van der Waals surface area contributed by atoms with Crippen LogP contribution in [-0.2, 0) is 0 Å². The topological polar surface area (TPSA) is 72.2 Å². The highest BCUT2D eigenvalue weighted by Crippen LogP contribution is 2.28. The van der Waals surface area contributed by atoms with Crippen LogP contribution in [0, 0.1) is 6.92 Å². The summed E-state index contributed by atoms with van der Waals surface area (Å²) in [5, 5.41) is 0. The zero-order valence-corrected chi connectivity index (χ0v) is 15.2. The summed E-state index contributed by atoms with van der Waals surface area (Å²) in [6.07, 6.45) is 0. The molecule has 1 aromatic heterocycles. The second kappa shape index (κ2) is 7.51. The van der Waals surface area contributed by atoms with E-state index in [2.05, 4.69) is 0 Å². The van der Waals surface area contributed by atoms with E-state index in [-0.39, 0.29) is 11.8 Å². The average Bonchev–Trinajstić information content (AvgIpc) is 3.12. The first kappa shape index (κ1) is 17.8. The van der Waals surface area contributed by atoms with Crippen molar-refractivity contribution >= 4 is 11.8 Å². The number of benzene rings is 1. The van der Waals surface area contributed by atoms with Crippen molar-refractivity contribution in [1.82, 2.24) is 9.80 Å². The van der Waals surface area contributed by atoms with Crippen molar-refractivity contribution in [2.45, 2.75) is 6.92 Å². The van der Waals surface area contributed by atoms with Gasteiger partial charge in [-0.15, -0.1) is 0 Å². The Bertz CT molecular complexity index is 806. The summed E-state index contributed by atoms with van der Waals surface area (Å²) in [5.41, 5.74) is 0.532. The summed E-state index contributed by atoms with van der Waals surface area (Å²) in [6, 6.07) is 8.55. The largest absolute Gasteiger partial charge is 0.493 e. The van der Waals surface area contributed by atoms with E-state index in [0.717, 1.165) is 0 Å². The zero-order chi connectivity index (χ0) is 18.7. The van der Waals surface area contributed by atoms with Gasteiger partial charge in [-0.05, 0) is 37.3 Å². The Morgan fingerprint density at radius 3 is 2.04 bits per heavy atom. The molecule has 0 unspecified atom stereocenters. The van der Waals surface area contributed by atoms with Crippen LogP contribution >= 0.6 is 0 Å². The van der Waals surface area contributed by atoms with Crippen LogP contribution in [0.25, 0.3) is 0 Å². The summed E-state index contributed by atoms with van der Waals surface area (Å²) in [6.45, 7) is 3.68. The molecular formula is C19H22N2O5. The number of ether oxygens (including phenoxy) is 2. The Labute approximate surface area is 152 Å². The minimum Gasteiger partial charge on any atom is -0.493 e. The monoisotopic (exact) mass is 358 g/mol. The summed E-state index contributed by atoms with van der Waals surface area (Å²) in [5.74, 6) is 1.90. The molecule has 0 aliphatic carbocycles. The standard InChI is InChI=1S/C19H22N2O5/c1-13-4-6-16(26-13)19(23)21-10-8-20(9-11-21)18(22)14-5-7-15(24-2)17(12-14)25-3/h4-7,12H,8-11H2,1-3H3. The van der Waals surface area contributed by atoms with Gasteiger partial charge >= 0.3 is 0 Å². The number of carbonyl (C=O) groups is 2. The lowest BCUT2D eigenvalue weighted by Crippen LogP contribution is -2.50. The fraction of sp³-hybridized carbons (Fsp3) is 0.368. The van der Waals surface area contributed by atoms with E-state index in [9.17, 15) is 9.59 Å². The van der Waals surface area contributed by atoms with Gasteiger partial charge in [-0.25, -0.2) is 0 Å². The molecule has 0 atom stereocenters. The summed E-state index contributed by atoms with van der Waals surface area (Å²) >= 11 is 0. The second-order valence-electron chi connectivity index (χ2n) is 6.06. The molecule has 7 heteroatoms. The molecule has 3 rings (SSSR count). The number of aryl methyl sites for hydroxylation is 1. The zero-order valence-electron chi connectivity index (χ0n) is 15.2.